The van der Waals surface area contributed by atoms with E-state index >= 15 is 0 Å². The van der Waals surface area contributed by atoms with Crippen LogP contribution < -0.4 is 10.1 Å². The molecule has 0 aromatic carbocycles. The Kier molecular flexibility index (Phi) is 3.49. The van der Waals surface area contributed by atoms with E-state index in [1.807, 2.05) is 25.3 Å². The molecule has 0 aliphatic carbocycles. The monoisotopic (exact) mass is 230 g/mol. The molecule has 0 radical (unpaired) electrons. The summed E-state index contributed by atoms with van der Waals surface area (Å²) in [6, 6.07) is 3.91. The van der Waals surface area contributed by atoms with Gasteiger partial charge in [-0.3, -0.25) is 9.97 Å². The van der Waals surface area contributed by atoms with Crippen molar-refractivity contribution in [1.82, 2.24) is 15.0 Å². The van der Waals surface area contributed by atoms with Crippen LogP contribution >= 0.6 is 0 Å². The van der Waals surface area contributed by atoms with Crippen LogP contribution in [-0.4, -0.2) is 22.1 Å². The highest BCUT2D eigenvalue weighted by Gasteiger charge is 2.03. The van der Waals surface area contributed by atoms with Crippen molar-refractivity contribution in [2.75, 3.05) is 12.4 Å². The lowest BCUT2D eigenvalue weighted by atomic mass is 10.3. The zero-order chi connectivity index (χ0) is 12.1. The Morgan fingerprint density at radius 2 is 2.24 bits per heavy atom. The van der Waals surface area contributed by atoms with Crippen LogP contribution in [-0.2, 0) is 6.54 Å². The van der Waals surface area contributed by atoms with Gasteiger partial charge in [-0.05, 0) is 18.6 Å². The SMILES string of the molecule is COc1cnc(C)c(NCc2cccnc2)n1. The number of aromatic nitrogens is 3. The molecular formula is C12H14N4O. The first kappa shape index (κ1) is 11.3. The first-order valence-electron chi connectivity index (χ1n) is 5.30. The van der Waals surface area contributed by atoms with Gasteiger partial charge in [-0.2, -0.15) is 4.98 Å². The molecule has 2 heterocycles. The van der Waals surface area contributed by atoms with Crippen LogP contribution in [0.25, 0.3) is 0 Å². The summed E-state index contributed by atoms with van der Waals surface area (Å²) in [6.45, 7) is 2.56. The fourth-order valence-corrected chi connectivity index (χ4v) is 1.39. The number of rotatable bonds is 4. The lowest BCUT2D eigenvalue weighted by Crippen LogP contribution is -2.05. The van der Waals surface area contributed by atoms with Crippen molar-refractivity contribution in [2.45, 2.75) is 13.5 Å². The molecule has 5 heteroatoms. The molecule has 0 aliphatic rings. The molecule has 0 fully saturated rings. The molecule has 2 aromatic heterocycles. The van der Waals surface area contributed by atoms with E-state index in [0.717, 1.165) is 17.1 Å². The van der Waals surface area contributed by atoms with Crippen LogP contribution in [0.3, 0.4) is 0 Å². The lowest BCUT2D eigenvalue weighted by molar-refractivity contribution is 0.396. The van der Waals surface area contributed by atoms with Crippen LogP contribution in [0.15, 0.2) is 30.7 Å². The second-order valence-corrected chi connectivity index (χ2v) is 3.56. The van der Waals surface area contributed by atoms with E-state index in [1.54, 1.807) is 19.5 Å². The number of anilines is 1. The van der Waals surface area contributed by atoms with Gasteiger partial charge in [0.1, 0.15) is 0 Å². The van der Waals surface area contributed by atoms with Gasteiger partial charge in [0, 0.05) is 18.9 Å². The van der Waals surface area contributed by atoms with Crippen molar-refractivity contribution >= 4 is 5.82 Å². The first-order chi connectivity index (χ1) is 8.29. The number of hydrogen-bond acceptors (Lipinski definition) is 5. The quantitative estimate of drug-likeness (QED) is 0.867. The molecule has 0 aliphatic heterocycles. The highest BCUT2D eigenvalue weighted by molar-refractivity contribution is 5.41. The predicted molar refractivity (Wildman–Crippen MR) is 64.9 cm³/mol. The average molecular weight is 230 g/mol. The summed E-state index contributed by atoms with van der Waals surface area (Å²) in [7, 11) is 1.57. The molecule has 2 rings (SSSR count). The molecule has 17 heavy (non-hydrogen) atoms. The summed E-state index contributed by atoms with van der Waals surface area (Å²) in [5.74, 6) is 1.23. The van der Waals surface area contributed by atoms with E-state index in [-0.39, 0.29) is 0 Å². The highest BCUT2D eigenvalue weighted by atomic mass is 16.5. The second kappa shape index (κ2) is 5.25. The van der Waals surface area contributed by atoms with Gasteiger partial charge in [-0.1, -0.05) is 6.07 Å². The Bertz CT molecular complexity index is 487. The maximum Gasteiger partial charge on any atom is 0.234 e. The number of methoxy groups -OCH3 is 1. The van der Waals surface area contributed by atoms with E-state index in [9.17, 15) is 0 Å². The molecule has 0 amide bonds. The van der Waals surface area contributed by atoms with Gasteiger partial charge in [0.2, 0.25) is 5.88 Å². The van der Waals surface area contributed by atoms with Crippen molar-refractivity contribution in [2.24, 2.45) is 0 Å². The summed E-state index contributed by atoms with van der Waals surface area (Å²) in [4.78, 5) is 12.5. The van der Waals surface area contributed by atoms with E-state index in [1.165, 1.54) is 0 Å². The van der Waals surface area contributed by atoms with Crippen LogP contribution in [0.5, 0.6) is 5.88 Å². The van der Waals surface area contributed by atoms with Gasteiger partial charge in [0.15, 0.2) is 5.82 Å². The summed E-state index contributed by atoms with van der Waals surface area (Å²) in [6.07, 6.45) is 5.17. The Balaban J connectivity index is 2.08. The molecule has 0 atom stereocenters. The average Bonchev–Trinajstić information content (AvgIpc) is 2.39. The van der Waals surface area contributed by atoms with Crippen LogP contribution in [0.4, 0.5) is 5.82 Å². The molecule has 2 aromatic rings. The summed E-state index contributed by atoms with van der Waals surface area (Å²) < 4.78 is 5.04. The Morgan fingerprint density at radius 3 is 2.94 bits per heavy atom. The van der Waals surface area contributed by atoms with Crippen LogP contribution in [0.2, 0.25) is 0 Å². The van der Waals surface area contributed by atoms with Crippen LogP contribution in [0, 0.1) is 6.92 Å². The molecule has 0 saturated carbocycles. The number of pyridine rings is 1. The van der Waals surface area contributed by atoms with E-state index in [2.05, 4.69) is 20.3 Å². The Morgan fingerprint density at radius 1 is 1.35 bits per heavy atom. The van der Waals surface area contributed by atoms with Crippen LogP contribution in [0.1, 0.15) is 11.3 Å². The van der Waals surface area contributed by atoms with E-state index < -0.39 is 0 Å². The van der Waals surface area contributed by atoms with Gasteiger partial charge in [-0.15, -0.1) is 0 Å². The molecule has 0 spiro atoms. The molecule has 0 saturated heterocycles. The number of nitrogens with one attached hydrogen (secondary N) is 1. The van der Waals surface area contributed by atoms with Gasteiger partial charge in [0.05, 0.1) is 19.0 Å². The minimum absolute atomic E-state index is 0.504. The third-order valence-corrected chi connectivity index (χ3v) is 2.33. The lowest BCUT2D eigenvalue weighted by Gasteiger charge is -2.08. The normalized spacial score (nSPS) is 10.0. The molecule has 0 bridgehead atoms. The molecule has 1 N–H and O–H groups in total. The smallest absolute Gasteiger partial charge is 0.234 e. The van der Waals surface area contributed by atoms with Crippen molar-refractivity contribution in [3.8, 4) is 5.88 Å². The summed E-state index contributed by atoms with van der Waals surface area (Å²) in [5, 5.41) is 3.21. The Labute approximate surface area is 99.9 Å². The minimum atomic E-state index is 0.504. The van der Waals surface area contributed by atoms with Gasteiger partial charge in [0.25, 0.3) is 0 Å². The number of hydrogen-bond donors (Lipinski definition) is 1. The zero-order valence-corrected chi connectivity index (χ0v) is 9.84. The number of nitrogens with zero attached hydrogens (tertiary/aromatic N) is 3. The topological polar surface area (TPSA) is 59.9 Å². The Hall–Kier alpha value is -2.17. The van der Waals surface area contributed by atoms with Crippen molar-refractivity contribution in [3.63, 3.8) is 0 Å². The fourth-order valence-electron chi connectivity index (χ4n) is 1.39. The van der Waals surface area contributed by atoms with Gasteiger partial charge >= 0.3 is 0 Å². The minimum Gasteiger partial charge on any atom is -0.480 e. The fraction of sp³-hybridized carbons (Fsp3) is 0.250. The second-order valence-electron chi connectivity index (χ2n) is 3.56. The summed E-state index contributed by atoms with van der Waals surface area (Å²) in [5.41, 5.74) is 1.94. The molecule has 5 nitrogen and oxygen atoms in total. The zero-order valence-electron chi connectivity index (χ0n) is 9.84. The van der Waals surface area contributed by atoms with Crippen molar-refractivity contribution in [3.05, 3.63) is 42.0 Å². The third kappa shape index (κ3) is 2.90. The number of aryl methyl sites for hydroxylation is 1. The van der Waals surface area contributed by atoms with E-state index in [4.69, 9.17) is 4.74 Å². The molecule has 0 unspecified atom stereocenters. The van der Waals surface area contributed by atoms with E-state index in [0.29, 0.717) is 12.4 Å². The third-order valence-electron chi connectivity index (χ3n) is 2.33. The largest absolute Gasteiger partial charge is 0.480 e. The standard InChI is InChI=1S/C12H14N4O/c1-9-12(16-11(17-2)8-14-9)15-7-10-4-3-5-13-6-10/h3-6,8H,7H2,1-2H3,(H,15,16). The number of ether oxygens (including phenoxy) is 1. The predicted octanol–water partition coefficient (Wildman–Crippen LogP) is 1.80. The molecule has 88 valence electrons. The maximum atomic E-state index is 5.04. The highest BCUT2D eigenvalue weighted by Crippen LogP contribution is 2.14. The van der Waals surface area contributed by atoms with Crippen molar-refractivity contribution in [1.29, 1.82) is 0 Å². The summed E-state index contributed by atoms with van der Waals surface area (Å²) >= 11 is 0. The first-order valence-corrected chi connectivity index (χ1v) is 5.30. The van der Waals surface area contributed by atoms with Gasteiger partial charge in [-0.25, -0.2) is 0 Å². The molecular weight excluding hydrogens is 216 g/mol. The van der Waals surface area contributed by atoms with Gasteiger partial charge < -0.3 is 10.1 Å². The maximum absolute atomic E-state index is 5.04. The van der Waals surface area contributed by atoms with Crippen molar-refractivity contribution < 1.29 is 4.74 Å².